The third-order valence-electron chi connectivity index (χ3n) is 8.00. The number of amides is 1. The van der Waals surface area contributed by atoms with Crippen LogP contribution in [0.15, 0.2) is 24.3 Å². The molecule has 32 heavy (non-hydrogen) atoms. The Bertz CT molecular complexity index is 751. The normalized spacial score (nSPS) is 35.5. The molecule has 0 bridgehead atoms. The molecule has 1 amide bonds. The molecule has 182 valence electrons. The largest absolute Gasteiger partial charge is 0.480 e. The van der Waals surface area contributed by atoms with Crippen LogP contribution in [0.1, 0.15) is 66.7 Å². The van der Waals surface area contributed by atoms with Crippen LogP contribution in [0.5, 0.6) is 0 Å². The maximum absolute atomic E-state index is 11.9. The van der Waals surface area contributed by atoms with Crippen LogP contribution in [-0.2, 0) is 9.59 Å². The molecule has 7 heteroatoms. The Morgan fingerprint density at radius 1 is 1.25 bits per heavy atom. The number of rotatable bonds is 9. The first kappa shape index (κ1) is 26.9. The molecule has 0 aliphatic heterocycles. The van der Waals surface area contributed by atoms with Crippen molar-refractivity contribution in [2.75, 3.05) is 11.5 Å². The van der Waals surface area contributed by atoms with Crippen LogP contribution >= 0.6 is 11.8 Å². The molecule has 6 nitrogen and oxygen atoms in total. The number of aliphatic carboxylic acids is 1. The third-order valence-corrected chi connectivity index (χ3v) is 9.24. The van der Waals surface area contributed by atoms with E-state index in [2.05, 4.69) is 38.7 Å². The number of fused-ring (bicyclic) bond motifs is 1. The van der Waals surface area contributed by atoms with Crippen LogP contribution in [0.3, 0.4) is 0 Å². The first-order chi connectivity index (χ1) is 14.8. The van der Waals surface area contributed by atoms with E-state index < -0.39 is 29.6 Å². The van der Waals surface area contributed by atoms with E-state index in [1.807, 2.05) is 6.92 Å². The lowest BCUT2D eigenvalue weighted by Crippen LogP contribution is -2.65. The molecule has 2 saturated carbocycles. The van der Waals surface area contributed by atoms with Crippen molar-refractivity contribution in [2.45, 2.75) is 84.5 Å². The van der Waals surface area contributed by atoms with Gasteiger partial charge in [-0.05, 0) is 49.4 Å². The van der Waals surface area contributed by atoms with Crippen molar-refractivity contribution >= 4 is 23.6 Å². The Balaban J connectivity index is 2.33. The van der Waals surface area contributed by atoms with Gasteiger partial charge in [0.1, 0.15) is 11.6 Å². The summed E-state index contributed by atoms with van der Waals surface area (Å²) in [7, 11) is 0. The third kappa shape index (κ3) is 5.60. The predicted octanol–water partition coefficient (Wildman–Crippen LogP) is 3.78. The van der Waals surface area contributed by atoms with E-state index in [9.17, 15) is 24.9 Å². The zero-order valence-corrected chi connectivity index (χ0v) is 21.0. The highest BCUT2D eigenvalue weighted by Gasteiger charge is 2.62. The van der Waals surface area contributed by atoms with E-state index in [0.29, 0.717) is 12.8 Å². The number of carbonyl (C=O) groups is 2. The Morgan fingerprint density at radius 3 is 2.47 bits per heavy atom. The number of aliphatic hydroxyl groups excluding tert-OH is 1. The summed E-state index contributed by atoms with van der Waals surface area (Å²) >= 11 is 1.28. The lowest BCUT2D eigenvalue weighted by atomic mass is 9.44. The molecule has 0 heterocycles. The van der Waals surface area contributed by atoms with Gasteiger partial charge in [-0.1, -0.05) is 51.5 Å². The van der Waals surface area contributed by atoms with Gasteiger partial charge in [0.05, 0.1) is 6.10 Å². The van der Waals surface area contributed by atoms with E-state index in [1.165, 1.54) is 18.7 Å². The summed E-state index contributed by atoms with van der Waals surface area (Å²) in [5.41, 5.74) is -0.372. The molecule has 0 aromatic heterocycles. The Labute approximate surface area is 196 Å². The average Bonchev–Trinajstić information content (AvgIpc) is 2.68. The first-order valence-corrected chi connectivity index (χ1v) is 12.7. The molecule has 0 unspecified atom stereocenters. The number of carbonyl (C=O) groups excluding carboxylic acids is 1. The van der Waals surface area contributed by atoms with Crippen molar-refractivity contribution in [2.24, 2.45) is 22.7 Å². The minimum absolute atomic E-state index is 0.0811. The first-order valence-electron chi connectivity index (χ1n) is 11.5. The SMILES string of the molecule is C=C/C(C)=C/C[C@@H]1[C@@]2(C)CCCC(C)(C)[C@@H]2C[C@H](O)[C@]1(O)CSC[C@H](NC(C)=O)C(=O)O. The number of thioether (sulfide) groups is 1. The van der Waals surface area contributed by atoms with Crippen molar-refractivity contribution in [3.05, 3.63) is 24.3 Å². The molecule has 4 N–H and O–H groups in total. The van der Waals surface area contributed by atoms with Gasteiger partial charge < -0.3 is 20.6 Å². The smallest absolute Gasteiger partial charge is 0.327 e. The van der Waals surface area contributed by atoms with Crippen LogP contribution in [0.2, 0.25) is 0 Å². The Hall–Kier alpha value is -1.31. The zero-order chi connectivity index (χ0) is 24.3. The molecular weight excluding hydrogens is 426 g/mol. The fourth-order valence-corrected chi connectivity index (χ4v) is 7.52. The summed E-state index contributed by atoms with van der Waals surface area (Å²) in [5, 5.41) is 35.0. The molecule has 0 aromatic carbocycles. The molecule has 0 aromatic rings. The molecule has 0 saturated heterocycles. The van der Waals surface area contributed by atoms with E-state index in [1.54, 1.807) is 6.08 Å². The highest BCUT2D eigenvalue weighted by Crippen LogP contribution is 2.63. The Morgan fingerprint density at radius 2 is 1.91 bits per heavy atom. The number of carboxylic acid groups (broad SMARTS) is 1. The number of hydrogen-bond acceptors (Lipinski definition) is 5. The maximum Gasteiger partial charge on any atom is 0.327 e. The van der Waals surface area contributed by atoms with Gasteiger partial charge >= 0.3 is 5.97 Å². The Kier molecular flexibility index (Phi) is 8.68. The second-order valence-corrected chi connectivity index (χ2v) is 11.7. The molecule has 0 radical (unpaired) electrons. The van der Waals surface area contributed by atoms with Gasteiger partial charge in [-0.3, -0.25) is 4.79 Å². The van der Waals surface area contributed by atoms with E-state index in [-0.39, 0.29) is 34.2 Å². The summed E-state index contributed by atoms with van der Waals surface area (Å²) in [4.78, 5) is 22.8. The van der Waals surface area contributed by atoms with Gasteiger partial charge in [0.2, 0.25) is 5.91 Å². The van der Waals surface area contributed by atoms with Gasteiger partial charge in [-0.2, -0.15) is 11.8 Å². The van der Waals surface area contributed by atoms with Crippen molar-refractivity contribution in [1.29, 1.82) is 0 Å². The van der Waals surface area contributed by atoms with E-state index >= 15 is 0 Å². The number of carboxylic acids is 1. The minimum Gasteiger partial charge on any atom is -0.480 e. The molecular formula is C25H41NO5S. The second-order valence-electron chi connectivity index (χ2n) is 10.7. The second kappa shape index (κ2) is 10.3. The van der Waals surface area contributed by atoms with Crippen molar-refractivity contribution in [3.8, 4) is 0 Å². The predicted molar refractivity (Wildman–Crippen MR) is 129 cm³/mol. The van der Waals surface area contributed by atoms with Crippen LogP contribution in [-0.4, -0.2) is 56.4 Å². The van der Waals surface area contributed by atoms with Crippen LogP contribution in [0.25, 0.3) is 0 Å². The highest BCUT2D eigenvalue weighted by atomic mass is 32.2. The van der Waals surface area contributed by atoms with Crippen LogP contribution in [0.4, 0.5) is 0 Å². The fourth-order valence-electron chi connectivity index (χ4n) is 6.22. The number of nitrogens with one attached hydrogen (secondary N) is 1. The quantitative estimate of drug-likeness (QED) is 0.385. The van der Waals surface area contributed by atoms with Gasteiger partial charge in [-0.25, -0.2) is 4.79 Å². The molecule has 2 fully saturated rings. The molecule has 2 rings (SSSR count). The molecule has 2 aliphatic carbocycles. The standard InChI is InChI=1S/C25H41NO5S/c1-7-16(2)9-10-19-24(6)12-8-11-23(4,5)20(24)13-21(28)25(19,31)15-32-14-18(22(29)30)26-17(3)27/h7,9,18-21,28,31H,1,8,10-15H2,2-6H3,(H,26,27)(H,29,30)/b16-9+/t18-,19+,20-,21-,24+,25-/m0/s1. The van der Waals surface area contributed by atoms with E-state index in [4.69, 9.17) is 0 Å². The summed E-state index contributed by atoms with van der Waals surface area (Å²) in [6.07, 6.45) is 7.35. The van der Waals surface area contributed by atoms with Gasteiger partial charge in [0.15, 0.2) is 0 Å². The summed E-state index contributed by atoms with van der Waals surface area (Å²) < 4.78 is 0. The fraction of sp³-hybridized carbons (Fsp3) is 0.760. The van der Waals surface area contributed by atoms with Crippen LogP contribution < -0.4 is 5.32 Å². The van der Waals surface area contributed by atoms with E-state index in [0.717, 1.165) is 24.8 Å². The van der Waals surface area contributed by atoms with Crippen LogP contribution in [0, 0.1) is 22.7 Å². The molecule has 2 aliphatic rings. The molecule has 0 spiro atoms. The summed E-state index contributed by atoms with van der Waals surface area (Å²) in [6.45, 7) is 13.9. The molecule has 6 atom stereocenters. The van der Waals surface area contributed by atoms with Crippen molar-refractivity contribution in [1.82, 2.24) is 5.32 Å². The lowest BCUT2D eigenvalue weighted by Gasteiger charge is -2.63. The number of hydrogen-bond donors (Lipinski definition) is 4. The van der Waals surface area contributed by atoms with Crippen molar-refractivity contribution in [3.63, 3.8) is 0 Å². The van der Waals surface area contributed by atoms with Crippen molar-refractivity contribution < 1.29 is 24.9 Å². The topological polar surface area (TPSA) is 107 Å². The maximum atomic E-state index is 11.9. The highest BCUT2D eigenvalue weighted by molar-refractivity contribution is 7.99. The number of aliphatic hydroxyl groups is 2. The number of allylic oxidation sites excluding steroid dienone is 3. The van der Waals surface area contributed by atoms with Gasteiger partial charge in [-0.15, -0.1) is 0 Å². The summed E-state index contributed by atoms with van der Waals surface area (Å²) in [5.74, 6) is -1.05. The van der Waals surface area contributed by atoms with Gasteiger partial charge in [0.25, 0.3) is 0 Å². The average molecular weight is 468 g/mol. The monoisotopic (exact) mass is 467 g/mol. The van der Waals surface area contributed by atoms with Gasteiger partial charge in [0, 0.05) is 24.3 Å². The minimum atomic E-state index is -1.35. The summed E-state index contributed by atoms with van der Waals surface area (Å²) in [6, 6.07) is -1.03. The zero-order valence-electron chi connectivity index (χ0n) is 20.2. The lowest BCUT2D eigenvalue weighted by molar-refractivity contribution is -0.215.